The summed E-state index contributed by atoms with van der Waals surface area (Å²) in [6.07, 6.45) is 2.45. The third-order valence-electron chi connectivity index (χ3n) is 5.37. The molecule has 2 aromatic rings. The Morgan fingerprint density at radius 2 is 2.03 bits per heavy atom. The van der Waals surface area contributed by atoms with Crippen LogP contribution in [0.5, 0.6) is 0 Å². The molecule has 162 valence electrons. The zero-order valence-electron chi connectivity index (χ0n) is 17.8. The van der Waals surface area contributed by atoms with E-state index in [9.17, 15) is 8.78 Å². The van der Waals surface area contributed by atoms with Crippen LogP contribution in [0.1, 0.15) is 25.8 Å². The Morgan fingerprint density at radius 3 is 2.70 bits per heavy atom. The molecule has 0 aliphatic carbocycles. The third-order valence-corrected chi connectivity index (χ3v) is 5.37. The topological polar surface area (TPSA) is 55.8 Å². The van der Waals surface area contributed by atoms with E-state index in [1.807, 2.05) is 35.8 Å². The zero-order chi connectivity index (χ0) is 21.5. The van der Waals surface area contributed by atoms with E-state index in [2.05, 4.69) is 20.6 Å². The standard InChI is InChI=1S/C22H30F2N6/c1-4-29(5-2)20-9-8-16(13-19(20)24)14-27-22(25-3)28-17-10-12-30(15-17)21-18(23)7-6-11-26-21/h6-9,11,13,17H,4-5,10,12,14-15H2,1-3H3,(H2,25,27,28). The van der Waals surface area contributed by atoms with Crippen LogP contribution >= 0.6 is 0 Å². The van der Waals surface area contributed by atoms with Gasteiger partial charge in [0, 0.05) is 52.0 Å². The highest BCUT2D eigenvalue weighted by Crippen LogP contribution is 2.21. The average molecular weight is 417 g/mol. The molecule has 3 rings (SSSR count). The summed E-state index contributed by atoms with van der Waals surface area (Å²) >= 11 is 0. The Hall–Kier alpha value is -2.90. The first kappa shape index (κ1) is 21.8. The van der Waals surface area contributed by atoms with Gasteiger partial charge in [-0.3, -0.25) is 4.99 Å². The molecule has 1 atom stereocenters. The minimum Gasteiger partial charge on any atom is -0.370 e. The van der Waals surface area contributed by atoms with Gasteiger partial charge in [-0.1, -0.05) is 6.07 Å². The van der Waals surface area contributed by atoms with Crippen LogP contribution in [-0.2, 0) is 6.54 Å². The monoisotopic (exact) mass is 416 g/mol. The molecule has 8 heteroatoms. The summed E-state index contributed by atoms with van der Waals surface area (Å²) in [7, 11) is 1.70. The molecular formula is C22H30F2N6. The number of nitrogens with zero attached hydrogens (tertiary/aromatic N) is 4. The van der Waals surface area contributed by atoms with Crippen LogP contribution in [0.3, 0.4) is 0 Å². The van der Waals surface area contributed by atoms with Crippen LogP contribution in [0.25, 0.3) is 0 Å². The molecule has 6 nitrogen and oxygen atoms in total. The highest BCUT2D eigenvalue weighted by molar-refractivity contribution is 5.80. The van der Waals surface area contributed by atoms with E-state index in [0.29, 0.717) is 30.6 Å². The SMILES string of the molecule is CCN(CC)c1ccc(CNC(=NC)NC2CCN(c3ncccc3F)C2)cc1F. The van der Waals surface area contributed by atoms with Crippen LogP contribution in [0, 0.1) is 11.6 Å². The van der Waals surface area contributed by atoms with E-state index in [1.165, 1.54) is 6.07 Å². The average Bonchev–Trinajstić information content (AvgIpc) is 3.21. The quantitative estimate of drug-likeness (QED) is 0.537. The molecule has 2 heterocycles. The second kappa shape index (κ2) is 10.2. The van der Waals surface area contributed by atoms with Gasteiger partial charge in [0.1, 0.15) is 5.82 Å². The largest absolute Gasteiger partial charge is 0.370 e. The van der Waals surface area contributed by atoms with Crippen molar-refractivity contribution in [3.63, 3.8) is 0 Å². The maximum Gasteiger partial charge on any atom is 0.191 e. The molecule has 1 fully saturated rings. The number of rotatable bonds is 7. The van der Waals surface area contributed by atoms with Crippen molar-refractivity contribution in [2.45, 2.75) is 32.9 Å². The van der Waals surface area contributed by atoms with Gasteiger partial charge >= 0.3 is 0 Å². The molecule has 1 aliphatic heterocycles. The number of hydrogen-bond donors (Lipinski definition) is 2. The summed E-state index contributed by atoms with van der Waals surface area (Å²) in [6.45, 7) is 7.38. The van der Waals surface area contributed by atoms with Gasteiger partial charge in [0.15, 0.2) is 17.6 Å². The minimum atomic E-state index is -0.309. The number of benzene rings is 1. The van der Waals surface area contributed by atoms with Crippen molar-refractivity contribution < 1.29 is 8.78 Å². The molecule has 0 bridgehead atoms. The van der Waals surface area contributed by atoms with Crippen molar-refractivity contribution in [3.05, 3.63) is 53.7 Å². The van der Waals surface area contributed by atoms with E-state index >= 15 is 0 Å². The highest BCUT2D eigenvalue weighted by atomic mass is 19.1. The van der Waals surface area contributed by atoms with Gasteiger partial charge in [0.25, 0.3) is 0 Å². The number of nitrogens with one attached hydrogen (secondary N) is 2. The van der Waals surface area contributed by atoms with Crippen LogP contribution < -0.4 is 20.4 Å². The maximum absolute atomic E-state index is 14.5. The Balaban J connectivity index is 1.54. The second-order valence-electron chi connectivity index (χ2n) is 7.27. The second-order valence-corrected chi connectivity index (χ2v) is 7.27. The lowest BCUT2D eigenvalue weighted by Crippen LogP contribution is -2.44. The summed E-state index contributed by atoms with van der Waals surface area (Å²) in [5.74, 6) is 0.491. The summed E-state index contributed by atoms with van der Waals surface area (Å²) in [5, 5.41) is 6.60. The van der Waals surface area contributed by atoms with Gasteiger partial charge < -0.3 is 20.4 Å². The van der Waals surface area contributed by atoms with Crippen molar-refractivity contribution in [2.24, 2.45) is 4.99 Å². The van der Waals surface area contributed by atoms with E-state index < -0.39 is 0 Å². The fraction of sp³-hybridized carbons (Fsp3) is 0.455. The van der Waals surface area contributed by atoms with Crippen LogP contribution in [0.2, 0.25) is 0 Å². The van der Waals surface area contributed by atoms with E-state index in [0.717, 1.165) is 31.6 Å². The first-order chi connectivity index (χ1) is 14.5. The number of guanidine groups is 1. The fourth-order valence-corrected chi connectivity index (χ4v) is 3.74. The predicted molar refractivity (Wildman–Crippen MR) is 118 cm³/mol. The number of halogens is 2. The third kappa shape index (κ3) is 5.17. The Morgan fingerprint density at radius 1 is 1.23 bits per heavy atom. The fourth-order valence-electron chi connectivity index (χ4n) is 3.74. The normalized spacial score (nSPS) is 16.6. The lowest BCUT2D eigenvalue weighted by Gasteiger charge is -2.22. The number of aromatic nitrogens is 1. The van der Waals surface area contributed by atoms with Gasteiger partial charge in [-0.15, -0.1) is 0 Å². The van der Waals surface area contributed by atoms with Gasteiger partial charge in [0.2, 0.25) is 0 Å². The lowest BCUT2D eigenvalue weighted by atomic mass is 10.1. The molecule has 0 saturated carbocycles. The lowest BCUT2D eigenvalue weighted by molar-refractivity contribution is 0.611. The molecule has 1 aromatic heterocycles. The summed E-state index contributed by atoms with van der Waals surface area (Å²) in [4.78, 5) is 12.3. The van der Waals surface area contributed by atoms with Crippen molar-refractivity contribution >= 4 is 17.5 Å². The molecule has 0 radical (unpaired) electrons. The summed E-state index contributed by atoms with van der Waals surface area (Å²) in [5.41, 5.74) is 1.47. The number of hydrogen-bond acceptors (Lipinski definition) is 4. The van der Waals surface area contributed by atoms with Crippen molar-refractivity contribution in [1.82, 2.24) is 15.6 Å². The smallest absolute Gasteiger partial charge is 0.191 e. The molecule has 2 N–H and O–H groups in total. The van der Waals surface area contributed by atoms with Gasteiger partial charge in [-0.2, -0.15) is 0 Å². The molecular weight excluding hydrogens is 386 g/mol. The van der Waals surface area contributed by atoms with Gasteiger partial charge in [-0.05, 0) is 50.1 Å². The molecule has 1 aliphatic rings. The number of aliphatic imine (C=N–C) groups is 1. The van der Waals surface area contributed by atoms with Crippen LogP contribution in [0.4, 0.5) is 20.3 Å². The minimum absolute atomic E-state index is 0.124. The van der Waals surface area contributed by atoms with Crippen molar-refractivity contribution in [3.8, 4) is 0 Å². The Bertz CT molecular complexity index is 868. The highest BCUT2D eigenvalue weighted by Gasteiger charge is 2.25. The zero-order valence-corrected chi connectivity index (χ0v) is 17.8. The van der Waals surface area contributed by atoms with Crippen LogP contribution in [-0.4, -0.2) is 50.2 Å². The first-order valence-electron chi connectivity index (χ1n) is 10.4. The van der Waals surface area contributed by atoms with Crippen molar-refractivity contribution in [2.75, 3.05) is 43.0 Å². The van der Waals surface area contributed by atoms with E-state index in [4.69, 9.17) is 0 Å². The first-order valence-corrected chi connectivity index (χ1v) is 10.4. The number of pyridine rings is 1. The molecule has 1 aromatic carbocycles. The van der Waals surface area contributed by atoms with Gasteiger partial charge in [-0.25, -0.2) is 13.8 Å². The van der Waals surface area contributed by atoms with Gasteiger partial charge in [0.05, 0.1) is 5.69 Å². The Kier molecular flexibility index (Phi) is 7.43. The molecule has 0 amide bonds. The summed E-state index contributed by atoms with van der Waals surface area (Å²) < 4.78 is 28.5. The Labute approximate surface area is 177 Å². The molecule has 0 spiro atoms. The predicted octanol–water partition coefficient (Wildman–Crippen LogP) is 3.15. The molecule has 1 unspecified atom stereocenters. The van der Waals surface area contributed by atoms with E-state index in [-0.39, 0.29) is 17.7 Å². The molecule has 1 saturated heterocycles. The van der Waals surface area contributed by atoms with E-state index in [1.54, 1.807) is 25.4 Å². The number of anilines is 2. The van der Waals surface area contributed by atoms with Crippen LogP contribution in [0.15, 0.2) is 41.5 Å². The van der Waals surface area contributed by atoms with Crippen molar-refractivity contribution in [1.29, 1.82) is 0 Å². The summed E-state index contributed by atoms with van der Waals surface area (Å²) in [6, 6.07) is 8.46. The maximum atomic E-state index is 14.5. The molecule has 30 heavy (non-hydrogen) atoms.